The van der Waals surface area contributed by atoms with Gasteiger partial charge in [-0.3, -0.25) is 14.4 Å². The number of hydrogen-bond acceptors (Lipinski definition) is 5. The molecule has 0 aliphatic rings. The third-order valence-electron chi connectivity index (χ3n) is 2.93. The molecule has 6 heteroatoms. The van der Waals surface area contributed by atoms with Crippen LogP contribution < -0.4 is 0 Å². The van der Waals surface area contributed by atoms with Crippen molar-refractivity contribution >= 4 is 17.9 Å². The fourth-order valence-electron chi connectivity index (χ4n) is 2.02. The molecule has 6 nitrogen and oxygen atoms in total. The van der Waals surface area contributed by atoms with E-state index in [1.54, 1.807) is 32.0 Å². The molecule has 0 radical (unpaired) electrons. The van der Waals surface area contributed by atoms with Crippen LogP contribution in [0.5, 0.6) is 0 Å². The third-order valence-corrected chi connectivity index (χ3v) is 2.93. The van der Waals surface area contributed by atoms with Gasteiger partial charge in [-0.05, 0) is 19.4 Å². The fraction of sp³-hybridized carbons (Fsp3) is 0.400. The highest BCUT2D eigenvalue weighted by Crippen LogP contribution is 2.32. The molecule has 0 heterocycles. The normalized spacial score (nSPS) is 10.8. The number of aliphatic carboxylic acids is 1. The van der Waals surface area contributed by atoms with Crippen LogP contribution >= 0.6 is 0 Å². The molecular formula is C15H18O6. The molecule has 1 aromatic rings. The van der Waals surface area contributed by atoms with Gasteiger partial charge in [0.15, 0.2) is 5.41 Å². The van der Waals surface area contributed by atoms with E-state index in [1.807, 2.05) is 0 Å². The van der Waals surface area contributed by atoms with Crippen LogP contribution in [0.15, 0.2) is 30.3 Å². The number of carbonyl (C=O) groups is 3. The lowest BCUT2D eigenvalue weighted by molar-refractivity contribution is -0.168. The summed E-state index contributed by atoms with van der Waals surface area (Å²) in [7, 11) is 0. The van der Waals surface area contributed by atoms with Crippen molar-refractivity contribution < 1.29 is 29.0 Å². The molecule has 0 aliphatic carbocycles. The summed E-state index contributed by atoms with van der Waals surface area (Å²) < 4.78 is 9.85. The summed E-state index contributed by atoms with van der Waals surface area (Å²) in [5.74, 6) is -3.13. The number of carboxylic acids is 1. The minimum atomic E-state index is -1.99. The van der Waals surface area contributed by atoms with Crippen LogP contribution in [-0.2, 0) is 29.3 Å². The predicted molar refractivity (Wildman–Crippen MR) is 73.6 cm³/mol. The highest BCUT2D eigenvalue weighted by atomic mass is 16.6. The summed E-state index contributed by atoms with van der Waals surface area (Å²) in [4.78, 5) is 35.9. The Balaban J connectivity index is 3.43. The van der Waals surface area contributed by atoms with Crippen LogP contribution in [0.4, 0.5) is 0 Å². The van der Waals surface area contributed by atoms with Crippen LogP contribution in [-0.4, -0.2) is 36.2 Å². The minimum Gasteiger partial charge on any atom is -0.481 e. The molecule has 0 fully saturated rings. The second-order valence-corrected chi connectivity index (χ2v) is 4.28. The maximum Gasteiger partial charge on any atom is 0.328 e. The van der Waals surface area contributed by atoms with Gasteiger partial charge in [0.1, 0.15) is 0 Å². The predicted octanol–water partition coefficient (Wildman–Crippen LogP) is 1.53. The molecule has 0 atom stereocenters. The van der Waals surface area contributed by atoms with E-state index in [-0.39, 0.29) is 18.8 Å². The number of esters is 2. The molecule has 0 aromatic heterocycles. The average molecular weight is 294 g/mol. The van der Waals surface area contributed by atoms with E-state index in [0.717, 1.165) is 0 Å². The first-order chi connectivity index (χ1) is 9.98. The number of carbonyl (C=O) groups excluding carboxylic acids is 2. The van der Waals surface area contributed by atoms with Crippen molar-refractivity contribution in [3.63, 3.8) is 0 Å². The lowest BCUT2D eigenvalue weighted by atomic mass is 9.77. The molecule has 0 spiro atoms. The number of hydrogen-bond donors (Lipinski definition) is 1. The van der Waals surface area contributed by atoms with E-state index >= 15 is 0 Å². The van der Waals surface area contributed by atoms with E-state index in [2.05, 4.69) is 0 Å². The highest BCUT2D eigenvalue weighted by molar-refractivity contribution is 6.08. The Bertz CT molecular complexity index is 490. The van der Waals surface area contributed by atoms with Crippen molar-refractivity contribution in [2.75, 3.05) is 13.2 Å². The maximum atomic E-state index is 12.3. The topological polar surface area (TPSA) is 89.9 Å². The number of ether oxygens (including phenoxy) is 2. The Hall–Kier alpha value is -2.37. The summed E-state index contributed by atoms with van der Waals surface area (Å²) in [6.45, 7) is 3.23. The second kappa shape index (κ2) is 7.42. The van der Waals surface area contributed by atoms with Crippen LogP contribution in [0.2, 0.25) is 0 Å². The Labute approximate surface area is 122 Å². The van der Waals surface area contributed by atoms with Crippen molar-refractivity contribution in [2.24, 2.45) is 0 Å². The molecule has 21 heavy (non-hydrogen) atoms. The van der Waals surface area contributed by atoms with Crippen molar-refractivity contribution in [3.05, 3.63) is 35.9 Å². The Morgan fingerprint density at radius 2 is 1.48 bits per heavy atom. The monoisotopic (exact) mass is 294 g/mol. The number of rotatable bonds is 7. The molecule has 0 saturated heterocycles. The molecule has 1 aromatic carbocycles. The molecule has 0 aliphatic heterocycles. The van der Waals surface area contributed by atoms with Gasteiger partial charge in [-0.2, -0.15) is 0 Å². The number of carboxylic acid groups (broad SMARTS) is 1. The summed E-state index contributed by atoms with van der Waals surface area (Å²) in [5, 5.41) is 9.13. The summed E-state index contributed by atoms with van der Waals surface area (Å²) in [6, 6.07) is 7.95. The molecule has 1 N–H and O–H groups in total. The van der Waals surface area contributed by atoms with Crippen LogP contribution in [0.3, 0.4) is 0 Å². The standard InChI is InChI=1S/C15H18O6/c1-3-20-13(18)15(10-12(16)17,14(19)21-4-2)11-8-6-5-7-9-11/h5-9H,3-4,10H2,1-2H3,(H,16,17). The summed E-state index contributed by atoms with van der Waals surface area (Å²) in [6.07, 6.45) is -0.728. The zero-order chi connectivity index (χ0) is 15.9. The van der Waals surface area contributed by atoms with Gasteiger partial charge >= 0.3 is 17.9 Å². The first-order valence-corrected chi connectivity index (χ1v) is 6.60. The third kappa shape index (κ3) is 3.59. The Morgan fingerprint density at radius 3 is 1.86 bits per heavy atom. The van der Waals surface area contributed by atoms with Gasteiger partial charge in [-0.25, -0.2) is 0 Å². The van der Waals surface area contributed by atoms with Crippen molar-refractivity contribution in [3.8, 4) is 0 Å². The lowest BCUT2D eigenvalue weighted by Gasteiger charge is -2.28. The number of benzene rings is 1. The first-order valence-electron chi connectivity index (χ1n) is 6.60. The van der Waals surface area contributed by atoms with Crippen LogP contribution in [0, 0.1) is 0 Å². The smallest absolute Gasteiger partial charge is 0.328 e. The van der Waals surface area contributed by atoms with Gasteiger partial charge in [0.05, 0.1) is 19.6 Å². The molecule has 0 amide bonds. The van der Waals surface area contributed by atoms with Gasteiger partial charge in [0, 0.05) is 0 Å². The van der Waals surface area contributed by atoms with E-state index in [9.17, 15) is 14.4 Å². The molecule has 1 rings (SSSR count). The Kier molecular flexibility index (Phi) is 5.90. The zero-order valence-corrected chi connectivity index (χ0v) is 12.0. The zero-order valence-electron chi connectivity index (χ0n) is 12.0. The van der Waals surface area contributed by atoms with E-state index in [4.69, 9.17) is 14.6 Å². The van der Waals surface area contributed by atoms with Gasteiger partial charge < -0.3 is 14.6 Å². The molecule has 0 bridgehead atoms. The van der Waals surface area contributed by atoms with E-state index in [1.165, 1.54) is 12.1 Å². The first kappa shape index (κ1) is 16.7. The lowest BCUT2D eigenvalue weighted by Crippen LogP contribution is -2.47. The van der Waals surface area contributed by atoms with Gasteiger partial charge in [0.25, 0.3) is 0 Å². The SMILES string of the molecule is CCOC(=O)C(CC(=O)O)(C(=O)OCC)c1ccccc1. The van der Waals surface area contributed by atoms with Crippen LogP contribution in [0.25, 0.3) is 0 Å². The molecule has 114 valence electrons. The molecule has 0 unspecified atom stereocenters. The van der Waals surface area contributed by atoms with Gasteiger partial charge in [0.2, 0.25) is 0 Å². The van der Waals surface area contributed by atoms with E-state index < -0.39 is 29.7 Å². The fourth-order valence-corrected chi connectivity index (χ4v) is 2.02. The quantitative estimate of drug-likeness (QED) is 0.606. The van der Waals surface area contributed by atoms with Crippen molar-refractivity contribution in [1.29, 1.82) is 0 Å². The minimum absolute atomic E-state index is 0.0342. The van der Waals surface area contributed by atoms with Crippen molar-refractivity contribution in [1.82, 2.24) is 0 Å². The van der Waals surface area contributed by atoms with Gasteiger partial charge in [-0.1, -0.05) is 30.3 Å². The van der Waals surface area contributed by atoms with Crippen molar-refractivity contribution in [2.45, 2.75) is 25.7 Å². The summed E-state index contributed by atoms with van der Waals surface area (Å²) >= 11 is 0. The molecular weight excluding hydrogens is 276 g/mol. The second-order valence-electron chi connectivity index (χ2n) is 4.28. The summed E-state index contributed by atoms with van der Waals surface area (Å²) in [5.41, 5.74) is -1.75. The maximum absolute atomic E-state index is 12.3. The highest BCUT2D eigenvalue weighted by Gasteiger charge is 2.52. The largest absolute Gasteiger partial charge is 0.481 e. The molecule has 0 saturated carbocycles. The Morgan fingerprint density at radius 1 is 1.00 bits per heavy atom. The van der Waals surface area contributed by atoms with Crippen LogP contribution in [0.1, 0.15) is 25.8 Å². The van der Waals surface area contributed by atoms with E-state index in [0.29, 0.717) is 0 Å². The average Bonchev–Trinajstić information content (AvgIpc) is 2.45. The van der Waals surface area contributed by atoms with Gasteiger partial charge in [-0.15, -0.1) is 0 Å².